The summed E-state index contributed by atoms with van der Waals surface area (Å²) in [4.78, 5) is 26.7. The zero-order valence-corrected chi connectivity index (χ0v) is 16.7. The second-order valence-electron chi connectivity index (χ2n) is 8.61. The van der Waals surface area contributed by atoms with Gasteiger partial charge in [0.05, 0.1) is 6.61 Å². The third-order valence-electron chi connectivity index (χ3n) is 7.06. The molecule has 5 heteroatoms. The Kier molecular flexibility index (Phi) is 5.35. The van der Waals surface area contributed by atoms with Gasteiger partial charge in [-0.25, -0.2) is 0 Å². The molecule has 3 rings (SSSR count). The molecule has 0 aromatic carbocycles. The quantitative estimate of drug-likeness (QED) is 0.345. The number of hydrogen-bond donors (Lipinski definition) is 2. The van der Waals surface area contributed by atoms with Gasteiger partial charge in [0.2, 0.25) is 0 Å². The summed E-state index contributed by atoms with van der Waals surface area (Å²) in [5.41, 5.74) is -0.848. The highest BCUT2D eigenvalue weighted by molar-refractivity contribution is 6.26. The fraction of sp³-hybridized carbons (Fsp3) is 0.636. The van der Waals surface area contributed by atoms with Crippen LogP contribution in [-0.4, -0.2) is 46.5 Å². The Morgan fingerprint density at radius 1 is 1.33 bits per heavy atom. The first kappa shape index (κ1) is 19.9. The third-order valence-corrected chi connectivity index (χ3v) is 7.06. The van der Waals surface area contributed by atoms with Gasteiger partial charge in [-0.05, 0) is 37.5 Å². The van der Waals surface area contributed by atoms with Crippen LogP contribution in [-0.2, 0) is 9.59 Å². The molecule has 0 aromatic rings. The number of rotatable bonds is 3. The molecule has 3 aliphatic rings. The number of carbonyl (C=O) groups excluding carboxylic acids is 2. The maximum atomic E-state index is 12.8. The molecule has 2 N–H and O–H groups in total. The van der Waals surface area contributed by atoms with Gasteiger partial charge in [-0.2, -0.15) is 0 Å². The van der Waals surface area contributed by atoms with E-state index in [4.69, 9.17) is 0 Å². The lowest BCUT2D eigenvalue weighted by Gasteiger charge is -2.50. The number of hydrogen-bond acceptors (Lipinski definition) is 4. The Hall–Kier alpha value is -1.88. The number of Topliss-reactive ketones (excluding diaryl/α,β-unsaturated/α-hetero) is 1. The molecule has 5 nitrogen and oxygen atoms in total. The van der Waals surface area contributed by atoms with E-state index in [1.165, 1.54) is 11.9 Å². The van der Waals surface area contributed by atoms with Crippen LogP contribution in [0.1, 0.15) is 40.0 Å². The van der Waals surface area contributed by atoms with Crippen molar-refractivity contribution in [3.63, 3.8) is 0 Å². The SMILES string of the molecule is C/C=C/[C@H]1C=C[C@H]2C[C@@H](C)CC[C@@H]2[C@@]1(C)C(O)=C1C(=O)[C@H](CO)N(C)C1=O. The number of amides is 1. The number of likely N-dealkylation sites (N-methyl/N-ethyl adjacent to an activating group) is 1. The summed E-state index contributed by atoms with van der Waals surface area (Å²) in [7, 11) is 1.50. The molecule has 2 fully saturated rings. The van der Waals surface area contributed by atoms with Crippen LogP contribution >= 0.6 is 0 Å². The minimum absolute atomic E-state index is 0.0799. The second kappa shape index (κ2) is 7.27. The first-order chi connectivity index (χ1) is 12.8. The molecular formula is C22H31NO4. The molecule has 6 atom stereocenters. The fourth-order valence-electron chi connectivity index (χ4n) is 5.35. The van der Waals surface area contributed by atoms with Crippen molar-refractivity contribution in [2.75, 3.05) is 13.7 Å². The monoisotopic (exact) mass is 373 g/mol. The Bertz CT molecular complexity index is 722. The van der Waals surface area contributed by atoms with Crippen LogP contribution in [0.25, 0.3) is 0 Å². The molecule has 0 bridgehead atoms. The molecule has 148 valence electrons. The van der Waals surface area contributed by atoms with Gasteiger partial charge in [0.25, 0.3) is 5.91 Å². The highest BCUT2D eigenvalue weighted by Crippen LogP contribution is 2.56. The number of likely N-dealkylation sites (tertiary alicyclic amines) is 1. The number of aliphatic hydroxyl groups excluding tert-OH is 2. The lowest BCUT2D eigenvalue weighted by molar-refractivity contribution is -0.126. The van der Waals surface area contributed by atoms with Crippen LogP contribution in [0.3, 0.4) is 0 Å². The van der Waals surface area contributed by atoms with E-state index >= 15 is 0 Å². The molecule has 2 aliphatic carbocycles. The fourth-order valence-corrected chi connectivity index (χ4v) is 5.35. The molecular weight excluding hydrogens is 342 g/mol. The zero-order valence-electron chi connectivity index (χ0n) is 16.7. The molecule has 0 radical (unpaired) electrons. The van der Waals surface area contributed by atoms with E-state index in [2.05, 4.69) is 19.1 Å². The molecule has 27 heavy (non-hydrogen) atoms. The smallest absolute Gasteiger partial charge is 0.261 e. The average molecular weight is 373 g/mol. The summed E-state index contributed by atoms with van der Waals surface area (Å²) in [6.07, 6.45) is 11.5. The summed E-state index contributed by atoms with van der Waals surface area (Å²) in [6.45, 7) is 5.75. The maximum Gasteiger partial charge on any atom is 0.261 e. The van der Waals surface area contributed by atoms with Crippen molar-refractivity contribution >= 4 is 11.7 Å². The van der Waals surface area contributed by atoms with Crippen LogP contribution in [0.4, 0.5) is 0 Å². The molecule has 1 heterocycles. The topological polar surface area (TPSA) is 77.8 Å². The van der Waals surface area contributed by atoms with Crippen molar-refractivity contribution in [1.29, 1.82) is 0 Å². The van der Waals surface area contributed by atoms with Gasteiger partial charge < -0.3 is 15.1 Å². The predicted octanol–water partition coefficient (Wildman–Crippen LogP) is 3.02. The molecule has 1 amide bonds. The standard InChI is InChI=1S/C22H31NO4/c1-5-6-15-9-8-14-11-13(2)7-10-16(14)22(15,3)20(26)18-19(25)17(12-24)23(4)21(18)27/h5-6,8-9,13-17,24,26H,7,10-12H2,1-4H3/b6-5+,20-18?/t13-,14-,15-,16-,17-,22-/m0/s1. The van der Waals surface area contributed by atoms with E-state index in [1.54, 1.807) is 0 Å². The van der Waals surface area contributed by atoms with Crippen LogP contribution in [0.5, 0.6) is 0 Å². The highest BCUT2D eigenvalue weighted by atomic mass is 16.3. The van der Waals surface area contributed by atoms with Gasteiger partial charge in [0.1, 0.15) is 17.4 Å². The van der Waals surface area contributed by atoms with E-state index in [-0.39, 0.29) is 23.2 Å². The van der Waals surface area contributed by atoms with Crippen molar-refractivity contribution in [3.05, 3.63) is 35.6 Å². The van der Waals surface area contributed by atoms with Crippen LogP contribution in [0, 0.1) is 29.1 Å². The second-order valence-corrected chi connectivity index (χ2v) is 8.61. The molecule has 1 saturated heterocycles. The normalized spacial score (nSPS) is 41.4. The largest absolute Gasteiger partial charge is 0.511 e. The summed E-state index contributed by atoms with van der Waals surface area (Å²) >= 11 is 0. The van der Waals surface area contributed by atoms with Gasteiger partial charge in [-0.1, -0.05) is 44.6 Å². The molecule has 0 aromatic heterocycles. The Morgan fingerprint density at radius 2 is 2.04 bits per heavy atom. The lowest BCUT2D eigenvalue weighted by atomic mass is 9.54. The Balaban J connectivity index is 2.14. The average Bonchev–Trinajstić information content (AvgIpc) is 2.85. The molecule has 0 unspecified atom stereocenters. The van der Waals surface area contributed by atoms with Gasteiger partial charge in [-0.3, -0.25) is 9.59 Å². The number of ketones is 1. The van der Waals surface area contributed by atoms with Crippen LogP contribution < -0.4 is 0 Å². The number of allylic oxidation sites excluding steroid dienone is 5. The highest BCUT2D eigenvalue weighted by Gasteiger charge is 2.53. The minimum atomic E-state index is -0.903. The van der Waals surface area contributed by atoms with E-state index in [0.717, 1.165) is 19.3 Å². The Morgan fingerprint density at radius 3 is 2.63 bits per heavy atom. The van der Waals surface area contributed by atoms with Crippen molar-refractivity contribution in [3.8, 4) is 0 Å². The van der Waals surface area contributed by atoms with Crippen LogP contribution in [0.15, 0.2) is 35.6 Å². The summed E-state index contributed by atoms with van der Waals surface area (Å²) in [5.74, 6) is -0.00752. The number of fused-ring (bicyclic) bond motifs is 1. The first-order valence-electron chi connectivity index (χ1n) is 9.94. The van der Waals surface area contributed by atoms with E-state index in [1.807, 2.05) is 26.0 Å². The van der Waals surface area contributed by atoms with E-state index in [0.29, 0.717) is 11.8 Å². The molecule has 1 aliphatic heterocycles. The summed E-state index contributed by atoms with van der Waals surface area (Å²) < 4.78 is 0. The summed E-state index contributed by atoms with van der Waals surface area (Å²) in [5, 5.41) is 20.9. The zero-order chi connectivity index (χ0) is 19.9. The lowest BCUT2D eigenvalue weighted by Crippen LogP contribution is -2.45. The van der Waals surface area contributed by atoms with Gasteiger partial charge in [0, 0.05) is 18.4 Å². The van der Waals surface area contributed by atoms with Crippen LogP contribution in [0.2, 0.25) is 0 Å². The van der Waals surface area contributed by atoms with Gasteiger partial charge in [-0.15, -0.1) is 0 Å². The van der Waals surface area contributed by atoms with Crippen molar-refractivity contribution < 1.29 is 19.8 Å². The van der Waals surface area contributed by atoms with Crippen molar-refractivity contribution in [2.45, 2.75) is 46.1 Å². The summed E-state index contributed by atoms with van der Waals surface area (Å²) in [6, 6.07) is -0.903. The number of nitrogens with zero attached hydrogens (tertiary/aromatic N) is 1. The van der Waals surface area contributed by atoms with Gasteiger partial charge >= 0.3 is 0 Å². The number of aliphatic hydroxyl groups is 2. The number of carbonyl (C=O) groups is 2. The van der Waals surface area contributed by atoms with E-state index < -0.39 is 29.8 Å². The molecule has 1 saturated carbocycles. The van der Waals surface area contributed by atoms with Gasteiger partial charge in [0.15, 0.2) is 5.78 Å². The molecule has 0 spiro atoms. The Labute approximate surface area is 161 Å². The first-order valence-corrected chi connectivity index (χ1v) is 9.94. The maximum absolute atomic E-state index is 12.8. The van der Waals surface area contributed by atoms with E-state index in [9.17, 15) is 19.8 Å². The van der Waals surface area contributed by atoms with Crippen molar-refractivity contribution in [2.24, 2.45) is 29.1 Å². The minimum Gasteiger partial charge on any atom is -0.511 e. The third kappa shape index (κ3) is 2.96. The van der Waals surface area contributed by atoms with Crippen molar-refractivity contribution in [1.82, 2.24) is 4.90 Å². The predicted molar refractivity (Wildman–Crippen MR) is 104 cm³/mol.